The van der Waals surface area contributed by atoms with Crippen molar-refractivity contribution >= 4 is 28.5 Å². The molecule has 0 aliphatic carbocycles. The van der Waals surface area contributed by atoms with Crippen molar-refractivity contribution in [2.24, 2.45) is 0 Å². The van der Waals surface area contributed by atoms with Crippen LogP contribution in [0.3, 0.4) is 0 Å². The van der Waals surface area contributed by atoms with Gasteiger partial charge in [0.25, 0.3) is 17.4 Å². The van der Waals surface area contributed by atoms with Gasteiger partial charge in [-0.15, -0.1) is 0 Å². The van der Waals surface area contributed by atoms with E-state index in [1.54, 1.807) is 24.3 Å². The van der Waals surface area contributed by atoms with E-state index in [9.17, 15) is 19.2 Å². The first kappa shape index (κ1) is 23.4. The Hall–Kier alpha value is -4.79. The Labute approximate surface area is 200 Å². The number of amides is 3. The summed E-state index contributed by atoms with van der Waals surface area (Å²) in [6.07, 6.45) is 0.138. The molecule has 4 aromatic rings. The molecule has 0 atom stereocenters. The van der Waals surface area contributed by atoms with E-state index in [0.29, 0.717) is 10.8 Å². The lowest BCUT2D eigenvalue weighted by molar-refractivity contribution is -0.126. The molecule has 35 heavy (non-hydrogen) atoms. The molecule has 0 bridgehead atoms. The molecule has 0 aliphatic heterocycles. The van der Waals surface area contributed by atoms with Crippen LogP contribution in [0.5, 0.6) is 0 Å². The SMILES string of the molecule is O=C(Cc1ccccc1)NCC(=O)NNC(=O)c1nn(Cc2ccccc2)c(=O)c2ccccc12. The fraction of sp³-hybridized carbons (Fsp3) is 0.115. The van der Waals surface area contributed by atoms with E-state index >= 15 is 0 Å². The Morgan fingerprint density at radius 3 is 2.00 bits per heavy atom. The molecular weight excluding hydrogens is 446 g/mol. The Morgan fingerprint density at radius 2 is 1.31 bits per heavy atom. The Bertz CT molecular complexity index is 1420. The number of nitrogens with zero attached hydrogens (tertiary/aromatic N) is 2. The molecule has 9 heteroatoms. The maximum absolute atomic E-state index is 12.9. The van der Waals surface area contributed by atoms with Crippen molar-refractivity contribution in [3.8, 4) is 0 Å². The van der Waals surface area contributed by atoms with Crippen molar-refractivity contribution in [3.63, 3.8) is 0 Å². The molecule has 0 unspecified atom stereocenters. The predicted molar refractivity (Wildman–Crippen MR) is 130 cm³/mol. The number of hydrogen-bond acceptors (Lipinski definition) is 5. The second-order valence-corrected chi connectivity index (χ2v) is 7.78. The Balaban J connectivity index is 1.42. The summed E-state index contributed by atoms with van der Waals surface area (Å²) in [5.41, 5.74) is 5.91. The highest BCUT2D eigenvalue weighted by Gasteiger charge is 2.17. The van der Waals surface area contributed by atoms with Crippen molar-refractivity contribution in [1.29, 1.82) is 0 Å². The molecule has 176 valence electrons. The van der Waals surface area contributed by atoms with Gasteiger partial charge >= 0.3 is 0 Å². The lowest BCUT2D eigenvalue weighted by Crippen LogP contribution is -2.47. The van der Waals surface area contributed by atoms with Gasteiger partial charge in [0.15, 0.2) is 5.69 Å². The van der Waals surface area contributed by atoms with E-state index in [4.69, 9.17) is 0 Å². The fourth-order valence-electron chi connectivity index (χ4n) is 3.52. The molecule has 0 aliphatic rings. The van der Waals surface area contributed by atoms with Crippen LogP contribution >= 0.6 is 0 Å². The van der Waals surface area contributed by atoms with Gasteiger partial charge in [0.2, 0.25) is 5.91 Å². The molecule has 9 nitrogen and oxygen atoms in total. The third kappa shape index (κ3) is 5.97. The number of carbonyl (C=O) groups excluding carboxylic acids is 3. The Morgan fingerprint density at radius 1 is 0.714 bits per heavy atom. The number of nitrogens with one attached hydrogen (secondary N) is 3. The zero-order valence-electron chi connectivity index (χ0n) is 18.7. The van der Waals surface area contributed by atoms with Crippen molar-refractivity contribution in [1.82, 2.24) is 25.9 Å². The van der Waals surface area contributed by atoms with E-state index < -0.39 is 11.8 Å². The highest BCUT2D eigenvalue weighted by atomic mass is 16.2. The summed E-state index contributed by atoms with van der Waals surface area (Å²) in [6.45, 7) is -0.127. The molecule has 4 rings (SSSR count). The van der Waals surface area contributed by atoms with Gasteiger partial charge in [-0.05, 0) is 17.2 Å². The minimum absolute atomic E-state index is 0.00968. The quantitative estimate of drug-likeness (QED) is 0.355. The number of hydrazine groups is 1. The first-order valence-corrected chi connectivity index (χ1v) is 10.9. The zero-order valence-corrected chi connectivity index (χ0v) is 18.7. The topological polar surface area (TPSA) is 122 Å². The maximum Gasteiger partial charge on any atom is 0.290 e. The highest BCUT2D eigenvalue weighted by molar-refractivity contribution is 6.05. The molecule has 1 heterocycles. The summed E-state index contributed by atoms with van der Waals surface area (Å²) in [7, 11) is 0. The van der Waals surface area contributed by atoms with Crippen molar-refractivity contribution in [2.75, 3.05) is 6.54 Å². The molecule has 0 spiro atoms. The van der Waals surface area contributed by atoms with E-state index in [2.05, 4.69) is 21.3 Å². The molecular formula is C26H23N5O4. The van der Waals surface area contributed by atoms with Gasteiger partial charge in [0, 0.05) is 5.39 Å². The minimum Gasteiger partial charge on any atom is -0.347 e. The molecule has 0 radical (unpaired) electrons. The smallest absolute Gasteiger partial charge is 0.290 e. The van der Waals surface area contributed by atoms with E-state index in [-0.39, 0.29) is 36.7 Å². The lowest BCUT2D eigenvalue weighted by atomic mass is 10.1. The van der Waals surface area contributed by atoms with Crippen LogP contribution in [0.1, 0.15) is 21.6 Å². The second kappa shape index (κ2) is 10.9. The second-order valence-electron chi connectivity index (χ2n) is 7.78. The number of rotatable bonds is 7. The number of aromatic nitrogens is 2. The third-order valence-electron chi connectivity index (χ3n) is 5.23. The standard InChI is InChI=1S/C26H23N5O4/c32-22(15-18-9-3-1-4-10-18)27-16-23(33)28-29-25(34)24-20-13-7-8-14-21(20)26(35)31(30-24)17-19-11-5-2-6-12-19/h1-14H,15-17H2,(H,27,32)(H,28,33)(H,29,34). The third-order valence-corrected chi connectivity index (χ3v) is 5.23. The number of hydrogen-bond donors (Lipinski definition) is 3. The van der Waals surface area contributed by atoms with Crippen LogP contribution in [0.2, 0.25) is 0 Å². The number of fused-ring (bicyclic) bond motifs is 1. The van der Waals surface area contributed by atoms with Crippen LogP contribution in [-0.2, 0) is 22.6 Å². The van der Waals surface area contributed by atoms with Crippen molar-refractivity contribution in [2.45, 2.75) is 13.0 Å². The first-order valence-electron chi connectivity index (χ1n) is 10.9. The molecule has 0 saturated carbocycles. The molecule has 0 fully saturated rings. The van der Waals surface area contributed by atoms with Crippen LogP contribution in [0.25, 0.3) is 10.8 Å². The number of benzene rings is 3. The van der Waals surface area contributed by atoms with Gasteiger partial charge in [0.1, 0.15) is 0 Å². The maximum atomic E-state index is 12.9. The predicted octanol–water partition coefficient (Wildman–Crippen LogP) is 1.56. The van der Waals surface area contributed by atoms with Gasteiger partial charge in [-0.2, -0.15) is 5.10 Å². The van der Waals surface area contributed by atoms with Gasteiger partial charge < -0.3 is 5.32 Å². The van der Waals surface area contributed by atoms with Gasteiger partial charge in [-0.3, -0.25) is 30.0 Å². The summed E-state index contributed by atoms with van der Waals surface area (Å²) in [4.78, 5) is 49.9. The average molecular weight is 470 g/mol. The fourth-order valence-corrected chi connectivity index (χ4v) is 3.52. The summed E-state index contributed by atoms with van der Waals surface area (Å²) < 4.78 is 1.22. The Kier molecular flexibility index (Phi) is 7.27. The largest absolute Gasteiger partial charge is 0.347 e. The zero-order chi connectivity index (χ0) is 24.6. The summed E-state index contributed by atoms with van der Waals surface area (Å²) in [5.74, 6) is -1.62. The van der Waals surface area contributed by atoms with E-state index in [1.807, 2.05) is 60.7 Å². The molecule has 3 amide bonds. The van der Waals surface area contributed by atoms with Gasteiger partial charge in [-0.25, -0.2) is 4.68 Å². The van der Waals surface area contributed by atoms with Crippen molar-refractivity contribution < 1.29 is 14.4 Å². The average Bonchev–Trinajstić information content (AvgIpc) is 2.89. The van der Waals surface area contributed by atoms with Gasteiger partial charge in [0.05, 0.1) is 24.9 Å². The summed E-state index contributed by atoms with van der Waals surface area (Å²) in [6, 6.07) is 25.1. The summed E-state index contributed by atoms with van der Waals surface area (Å²) in [5, 5.41) is 7.47. The first-order chi connectivity index (χ1) is 17.0. The van der Waals surface area contributed by atoms with Crippen LogP contribution < -0.4 is 21.7 Å². The lowest BCUT2D eigenvalue weighted by Gasteiger charge is -2.12. The van der Waals surface area contributed by atoms with Crippen molar-refractivity contribution in [3.05, 3.63) is 112 Å². The molecule has 0 saturated heterocycles. The minimum atomic E-state index is -0.688. The van der Waals surface area contributed by atoms with E-state index in [1.165, 1.54) is 4.68 Å². The van der Waals surface area contributed by atoms with Crippen LogP contribution in [-0.4, -0.2) is 34.0 Å². The van der Waals surface area contributed by atoms with Crippen LogP contribution in [0.4, 0.5) is 0 Å². The summed E-state index contributed by atoms with van der Waals surface area (Å²) >= 11 is 0. The normalized spacial score (nSPS) is 10.5. The molecule has 3 aromatic carbocycles. The number of carbonyl (C=O) groups is 3. The molecule has 1 aromatic heterocycles. The monoisotopic (exact) mass is 469 g/mol. The molecule has 3 N–H and O–H groups in total. The van der Waals surface area contributed by atoms with E-state index in [0.717, 1.165) is 11.1 Å². The van der Waals surface area contributed by atoms with Crippen LogP contribution in [0, 0.1) is 0 Å². The highest BCUT2D eigenvalue weighted by Crippen LogP contribution is 2.13. The van der Waals surface area contributed by atoms with Crippen LogP contribution in [0.15, 0.2) is 89.7 Å². The van der Waals surface area contributed by atoms with Gasteiger partial charge in [-0.1, -0.05) is 78.9 Å².